The Morgan fingerprint density at radius 3 is 2.85 bits per heavy atom. The standard InChI is InChI=1S/C18H18FN3O4/c1-25-15-6-12(14(7-13(15)19)26-8-10-2-3-10)16-11-4-5-22(18(23)24)17(11)21-9-20-16/h6-7,9-10H,2-5,8H2,1H3,(H,23,24). The van der Waals surface area contributed by atoms with Gasteiger partial charge in [-0.05, 0) is 31.2 Å². The van der Waals surface area contributed by atoms with E-state index in [1.54, 1.807) is 6.07 Å². The molecule has 1 aliphatic carbocycles. The van der Waals surface area contributed by atoms with Crippen LogP contribution in [0.2, 0.25) is 0 Å². The number of halogens is 1. The zero-order valence-electron chi connectivity index (χ0n) is 14.2. The maximum atomic E-state index is 14.2. The molecule has 26 heavy (non-hydrogen) atoms. The van der Waals surface area contributed by atoms with Gasteiger partial charge in [0.15, 0.2) is 11.6 Å². The molecular formula is C18H18FN3O4. The average Bonchev–Trinajstić information content (AvgIpc) is 3.35. The van der Waals surface area contributed by atoms with Crippen LogP contribution >= 0.6 is 0 Å². The number of benzene rings is 1. The predicted molar refractivity (Wildman–Crippen MR) is 91.3 cm³/mol. The molecule has 0 unspecified atom stereocenters. The quantitative estimate of drug-likeness (QED) is 0.883. The highest BCUT2D eigenvalue weighted by Crippen LogP contribution is 2.41. The molecule has 1 amide bonds. The summed E-state index contributed by atoms with van der Waals surface area (Å²) in [5.74, 6) is 0.814. The lowest BCUT2D eigenvalue weighted by molar-refractivity contribution is 0.202. The van der Waals surface area contributed by atoms with Crippen LogP contribution < -0.4 is 14.4 Å². The van der Waals surface area contributed by atoms with Gasteiger partial charge < -0.3 is 14.6 Å². The monoisotopic (exact) mass is 359 g/mol. The highest BCUT2D eigenvalue weighted by Gasteiger charge is 2.30. The molecule has 0 saturated heterocycles. The van der Waals surface area contributed by atoms with Gasteiger partial charge >= 0.3 is 6.09 Å². The molecule has 0 spiro atoms. The summed E-state index contributed by atoms with van der Waals surface area (Å²) < 4.78 is 25.1. The minimum Gasteiger partial charge on any atom is -0.494 e. The van der Waals surface area contributed by atoms with Crippen LogP contribution in [-0.2, 0) is 6.42 Å². The summed E-state index contributed by atoms with van der Waals surface area (Å²) in [7, 11) is 1.39. The molecule has 0 radical (unpaired) electrons. The van der Waals surface area contributed by atoms with Crippen LogP contribution in [0.5, 0.6) is 11.5 Å². The summed E-state index contributed by atoms with van der Waals surface area (Å²) in [4.78, 5) is 21.0. The van der Waals surface area contributed by atoms with E-state index in [1.165, 1.54) is 24.4 Å². The van der Waals surface area contributed by atoms with E-state index >= 15 is 0 Å². The molecule has 2 heterocycles. The molecule has 0 atom stereocenters. The van der Waals surface area contributed by atoms with E-state index in [1.807, 2.05) is 0 Å². The number of nitrogens with zero attached hydrogens (tertiary/aromatic N) is 3. The summed E-state index contributed by atoms with van der Waals surface area (Å²) in [6.45, 7) is 0.834. The highest BCUT2D eigenvalue weighted by molar-refractivity contribution is 5.89. The third-order valence-electron chi connectivity index (χ3n) is 4.68. The molecular weight excluding hydrogens is 341 g/mol. The van der Waals surface area contributed by atoms with Gasteiger partial charge in [0.1, 0.15) is 17.9 Å². The SMILES string of the molecule is COc1cc(-c2ncnc3c2CCN3C(=O)O)c(OCC2CC2)cc1F. The molecule has 1 N–H and O–H groups in total. The lowest BCUT2D eigenvalue weighted by atomic mass is 10.0. The molecule has 1 fully saturated rings. The number of methoxy groups -OCH3 is 1. The van der Waals surface area contributed by atoms with Crippen LogP contribution in [-0.4, -0.2) is 41.4 Å². The normalized spacial score (nSPS) is 15.7. The van der Waals surface area contributed by atoms with E-state index in [0.717, 1.165) is 12.8 Å². The number of aromatic nitrogens is 2. The Bertz CT molecular complexity index is 870. The average molecular weight is 359 g/mol. The van der Waals surface area contributed by atoms with E-state index in [0.29, 0.717) is 53.9 Å². The second-order valence-corrected chi connectivity index (χ2v) is 6.45. The van der Waals surface area contributed by atoms with E-state index in [9.17, 15) is 14.3 Å². The van der Waals surface area contributed by atoms with Gasteiger partial charge in [0, 0.05) is 23.7 Å². The molecule has 2 aliphatic rings. The van der Waals surface area contributed by atoms with Gasteiger partial charge in [0.25, 0.3) is 0 Å². The zero-order valence-corrected chi connectivity index (χ0v) is 14.2. The van der Waals surface area contributed by atoms with Crippen LogP contribution in [0.4, 0.5) is 15.0 Å². The Labute approximate surface area is 149 Å². The van der Waals surface area contributed by atoms with E-state index in [2.05, 4.69) is 9.97 Å². The van der Waals surface area contributed by atoms with Crippen LogP contribution in [0, 0.1) is 11.7 Å². The predicted octanol–water partition coefficient (Wildman–Crippen LogP) is 3.12. The first-order chi connectivity index (χ1) is 12.6. The number of hydrogen-bond donors (Lipinski definition) is 1. The number of fused-ring (bicyclic) bond motifs is 1. The van der Waals surface area contributed by atoms with Crippen molar-refractivity contribution in [1.29, 1.82) is 0 Å². The number of carboxylic acid groups (broad SMARTS) is 1. The van der Waals surface area contributed by atoms with Gasteiger partial charge in [0.05, 0.1) is 19.4 Å². The van der Waals surface area contributed by atoms with E-state index in [4.69, 9.17) is 9.47 Å². The van der Waals surface area contributed by atoms with Crippen molar-refractivity contribution in [2.75, 3.05) is 25.2 Å². The first-order valence-electron chi connectivity index (χ1n) is 8.43. The molecule has 2 aromatic rings. The third-order valence-corrected chi connectivity index (χ3v) is 4.68. The van der Waals surface area contributed by atoms with Crippen molar-refractivity contribution in [3.63, 3.8) is 0 Å². The van der Waals surface area contributed by atoms with Gasteiger partial charge in [-0.25, -0.2) is 19.2 Å². The van der Waals surface area contributed by atoms with Crippen LogP contribution in [0.15, 0.2) is 18.5 Å². The fraction of sp³-hybridized carbons (Fsp3) is 0.389. The van der Waals surface area contributed by atoms with Gasteiger partial charge in [0.2, 0.25) is 0 Å². The number of anilines is 1. The zero-order chi connectivity index (χ0) is 18.3. The summed E-state index contributed by atoms with van der Waals surface area (Å²) in [6, 6.07) is 2.85. The molecule has 1 aliphatic heterocycles. The number of amides is 1. The molecule has 1 aromatic heterocycles. The first kappa shape index (κ1) is 16.6. The largest absolute Gasteiger partial charge is 0.494 e. The lowest BCUT2D eigenvalue weighted by Gasteiger charge is -2.16. The van der Waals surface area contributed by atoms with E-state index < -0.39 is 11.9 Å². The fourth-order valence-electron chi connectivity index (χ4n) is 3.10. The Hall–Kier alpha value is -2.90. The van der Waals surface area contributed by atoms with E-state index in [-0.39, 0.29) is 5.75 Å². The number of carbonyl (C=O) groups is 1. The van der Waals surface area contributed by atoms with Crippen LogP contribution in [0.25, 0.3) is 11.3 Å². The Morgan fingerprint density at radius 2 is 2.15 bits per heavy atom. The van der Waals surface area contributed by atoms with Crippen molar-refractivity contribution in [3.05, 3.63) is 29.8 Å². The maximum absolute atomic E-state index is 14.2. The summed E-state index contributed by atoms with van der Waals surface area (Å²) in [5.41, 5.74) is 1.83. The van der Waals surface area contributed by atoms with Gasteiger partial charge in [-0.2, -0.15) is 0 Å². The molecule has 136 valence electrons. The van der Waals surface area contributed by atoms with Gasteiger partial charge in [-0.1, -0.05) is 0 Å². The highest BCUT2D eigenvalue weighted by atomic mass is 19.1. The summed E-state index contributed by atoms with van der Waals surface area (Å²) >= 11 is 0. The second-order valence-electron chi connectivity index (χ2n) is 6.45. The Morgan fingerprint density at radius 1 is 1.35 bits per heavy atom. The Kier molecular flexibility index (Phi) is 4.10. The Balaban J connectivity index is 1.80. The smallest absolute Gasteiger partial charge is 0.413 e. The maximum Gasteiger partial charge on any atom is 0.413 e. The molecule has 0 bridgehead atoms. The second kappa shape index (κ2) is 6.44. The molecule has 8 heteroatoms. The number of hydrogen-bond acceptors (Lipinski definition) is 5. The van der Waals surface area contributed by atoms with Crippen molar-refractivity contribution >= 4 is 11.9 Å². The minimum atomic E-state index is -1.06. The molecule has 1 aromatic carbocycles. The molecule has 1 saturated carbocycles. The molecule has 4 rings (SSSR count). The van der Waals surface area contributed by atoms with Gasteiger partial charge in [-0.15, -0.1) is 0 Å². The van der Waals surface area contributed by atoms with Crippen molar-refractivity contribution in [2.24, 2.45) is 5.92 Å². The summed E-state index contributed by atoms with van der Waals surface area (Å²) in [6.07, 6.45) is 2.97. The van der Waals surface area contributed by atoms with Crippen molar-refractivity contribution in [2.45, 2.75) is 19.3 Å². The van der Waals surface area contributed by atoms with Crippen LogP contribution in [0.1, 0.15) is 18.4 Å². The van der Waals surface area contributed by atoms with Crippen molar-refractivity contribution in [3.8, 4) is 22.8 Å². The number of rotatable bonds is 5. The third kappa shape index (κ3) is 2.91. The van der Waals surface area contributed by atoms with Crippen LogP contribution in [0.3, 0.4) is 0 Å². The molecule has 7 nitrogen and oxygen atoms in total. The van der Waals surface area contributed by atoms with Crippen molar-refractivity contribution in [1.82, 2.24) is 9.97 Å². The van der Waals surface area contributed by atoms with Gasteiger partial charge in [-0.3, -0.25) is 4.90 Å². The fourth-order valence-corrected chi connectivity index (χ4v) is 3.10. The summed E-state index contributed by atoms with van der Waals surface area (Å²) in [5, 5.41) is 9.32. The minimum absolute atomic E-state index is 0.0826. The first-order valence-corrected chi connectivity index (χ1v) is 8.43. The van der Waals surface area contributed by atoms with Crippen molar-refractivity contribution < 1.29 is 23.8 Å². The topological polar surface area (TPSA) is 84.8 Å². The number of ether oxygens (including phenoxy) is 2. The lowest BCUT2D eigenvalue weighted by Crippen LogP contribution is -2.27.